The first-order valence-corrected chi connectivity index (χ1v) is 11.7. The minimum Gasteiger partial charge on any atom is -0.493 e. The van der Waals surface area contributed by atoms with E-state index in [4.69, 9.17) is 25.2 Å². The first-order valence-electron chi connectivity index (χ1n) is 9.95. The minimum absolute atomic E-state index is 0.143. The summed E-state index contributed by atoms with van der Waals surface area (Å²) in [6, 6.07) is 13.2. The van der Waals surface area contributed by atoms with Gasteiger partial charge in [0.1, 0.15) is 5.84 Å². The van der Waals surface area contributed by atoms with Crippen LogP contribution in [0.25, 0.3) is 0 Å². The van der Waals surface area contributed by atoms with Gasteiger partial charge in [0.15, 0.2) is 15.8 Å². The number of thioether (sulfide) groups is 1. The van der Waals surface area contributed by atoms with E-state index in [1.165, 1.54) is 23.1 Å². The largest absolute Gasteiger partial charge is 0.493 e. The summed E-state index contributed by atoms with van der Waals surface area (Å²) in [5, 5.41) is 11.1. The molecule has 33 heavy (non-hydrogen) atoms. The zero-order chi connectivity index (χ0) is 23.4. The average molecular weight is 483 g/mol. The number of carbonyl (C=O) groups is 1. The highest BCUT2D eigenvalue weighted by Gasteiger charge is 2.27. The first-order chi connectivity index (χ1) is 16.0. The molecular formula is C22H22N6O3S2. The molecule has 1 aromatic heterocycles. The van der Waals surface area contributed by atoms with Gasteiger partial charge >= 0.3 is 0 Å². The van der Waals surface area contributed by atoms with Crippen molar-refractivity contribution in [3.05, 3.63) is 48.0 Å². The maximum Gasteiger partial charge on any atom is 0.235 e. The van der Waals surface area contributed by atoms with E-state index >= 15 is 0 Å². The number of hydrogen-bond donors (Lipinski definition) is 2. The van der Waals surface area contributed by atoms with Crippen LogP contribution in [0, 0.1) is 0 Å². The van der Waals surface area contributed by atoms with Crippen molar-refractivity contribution in [2.24, 2.45) is 9.98 Å². The molecule has 0 saturated carbocycles. The third kappa shape index (κ3) is 5.15. The molecule has 1 atom stereocenters. The summed E-state index contributed by atoms with van der Waals surface area (Å²) in [7, 11) is 3.17. The van der Waals surface area contributed by atoms with Crippen molar-refractivity contribution in [2.75, 3.05) is 25.7 Å². The number of nitrogens with one attached hydrogen (secondary N) is 1. The molecule has 170 valence electrons. The first kappa shape index (κ1) is 22.7. The summed E-state index contributed by atoms with van der Waals surface area (Å²) in [5.41, 5.74) is 8.69. The van der Waals surface area contributed by atoms with Crippen LogP contribution in [0.1, 0.15) is 18.4 Å². The van der Waals surface area contributed by atoms with Gasteiger partial charge in [-0.2, -0.15) is 0 Å². The maximum absolute atomic E-state index is 12.9. The Morgan fingerprint density at radius 3 is 2.48 bits per heavy atom. The van der Waals surface area contributed by atoms with Crippen LogP contribution in [0.15, 0.2) is 56.8 Å². The van der Waals surface area contributed by atoms with E-state index < -0.39 is 0 Å². The number of benzene rings is 2. The van der Waals surface area contributed by atoms with Gasteiger partial charge in [-0.15, -0.1) is 10.2 Å². The number of nitrogens with zero attached hydrogens (tertiary/aromatic N) is 4. The van der Waals surface area contributed by atoms with Crippen LogP contribution in [0.3, 0.4) is 0 Å². The number of rotatable bonds is 6. The van der Waals surface area contributed by atoms with Gasteiger partial charge in [-0.25, -0.2) is 4.99 Å². The number of nitrogen functional groups attached to an aromatic ring is 1. The number of anilines is 1. The van der Waals surface area contributed by atoms with Crippen molar-refractivity contribution in [1.82, 2.24) is 15.5 Å². The topological polar surface area (TPSA) is 124 Å². The minimum atomic E-state index is -0.386. The molecule has 9 nitrogen and oxygen atoms in total. The number of nitrogens with two attached hydrogens (primary N) is 1. The Kier molecular flexibility index (Phi) is 6.90. The van der Waals surface area contributed by atoms with E-state index in [1.807, 2.05) is 49.4 Å². The molecule has 2 heterocycles. The molecule has 2 aromatic carbocycles. The lowest BCUT2D eigenvalue weighted by Gasteiger charge is -2.20. The number of aliphatic imine (C=N–C) groups is 2. The predicted molar refractivity (Wildman–Crippen MR) is 132 cm³/mol. The predicted octanol–water partition coefficient (Wildman–Crippen LogP) is 3.97. The second-order valence-electron chi connectivity index (χ2n) is 7.03. The summed E-state index contributed by atoms with van der Waals surface area (Å²) >= 11 is 2.51. The summed E-state index contributed by atoms with van der Waals surface area (Å²) < 4.78 is 11.5. The fourth-order valence-electron chi connectivity index (χ4n) is 3.42. The van der Waals surface area contributed by atoms with Gasteiger partial charge in [0.25, 0.3) is 0 Å². The van der Waals surface area contributed by atoms with Gasteiger partial charge in [0.2, 0.25) is 11.0 Å². The van der Waals surface area contributed by atoms with Gasteiger partial charge in [0.05, 0.1) is 37.3 Å². The standard InChI is InChI=1S/C22H22N6O3S2/c1-12-19(13-8-9-16(30-2)17(10-13)31-3)20(25-15-7-5-4-6-14(15)24-12)26-18(29)11-32-22-28-27-21(23)33-22/h4-10,19H,11H2,1-3H3,(H2,23,27)(H,25,26,29)/t19-/m1/s1. The normalized spacial score (nSPS) is 15.1. The maximum atomic E-state index is 12.9. The fraction of sp³-hybridized carbons (Fsp3) is 0.227. The molecule has 0 bridgehead atoms. The average Bonchev–Trinajstić information content (AvgIpc) is 3.17. The Bertz CT molecular complexity index is 1240. The van der Waals surface area contributed by atoms with Crippen LogP contribution >= 0.6 is 23.1 Å². The SMILES string of the molecule is COc1ccc([C@H]2C(C)=Nc3ccccc3N=C2NC(=O)CSc2nnc(N)s2)cc1OC. The summed E-state index contributed by atoms with van der Waals surface area (Å²) in [6.07, 6.45) is 0. The van der Waals surface area contributed by atoms with Crippen molar-refractivity contribution >= 4 is 57.1 Å². The molecule has 1 aliphatic rings. The molecule has 0 radical (unpaired) electrons. The molecule has 4 rings (SSSR count). The molecule has 0 fully saturated rings. The number of amides is 1. The zero-order valence-corrected chi connectivity index (χ0v) is 19.9. The Morgan fingerprint density at radius 2 is 1.82 bits per heavy atom. The smallest absolute Gasteiger partial charge is 0.235 e. The Balaban J connectivity index is 1.68. The van der Waals surface area contributed by atoms with Gasteiger partial charge in [-0.1, -0.05) is 41.3 Å². The van der Waals surface area contributed by atoms with Crippen molar-refractivity contribution < 1.29 is 14.3 Å². The summed E-state index contributed by atoms with van der Waals surface area (Å²) in [4.78, 5) is 22.4. The van der Waals surface area contributed by atoms with Gasteiger partial charge in [-0.3, -0.25) is 9.79 Å². The van der Waals surface area contributed by atoms with Gasteiger partial charge in [0, 0.05) is 5.71 Å². The third-order valence-electron chi connectivity index (χ3n) is 4.87. The van der Waals surface area contributed by atoms with Crippen molar-refractivity contribution in [2.45, 2.75) is 17.2 Å². The van der Waals surface area contributed by atoms with E-state index in [0.29, 0.717) is 32.5 Å². The number of carbonyl (C=O) groups excluding carboxylic acids is 1. The lowest BCUT2D eigenvalue weighted by atomic mass is 9.92. The molecule has 1 amide bonds. The molecule has 1 aliphatic heterocycles. The number of amidine groups is 1. The third-order valence-corrected chi connectivity index (χ3v) is 6.75. The van der Waals surface area contributed by atoms with Gasteiger partial charge < -0.3 is 20.5 Å². The van der Waals surface area contributed by atoms with Crippen LogP contribution in [0.5, 0.6) is 11.5 Å². The number of hydrogen-bond acceptors (Lipinski definition) is 10. The quantitative estimate of drug-likeness (QED) is 0.510. The van der Waals surface area contributed by atoms with Crippen LogP contribution in [-0.4, -0.2) is 47.6 Å². The number of ether oxygens (including phenoxy) is 2. The highest BCUT2D eigenvalue weighted by Crippen LogP contribution is 2.37. The van der Waals surface area contributed by atoms with Crippen LogP contribution in [-0.2, 0) is 4.79 Å². The molecule has 0 saturated heterocycles. The number of methoxy groups -OCH3 is 2. The van der Waals surface area contributed by atoms with Crippen molar-refractivity contribution in [3.8, 4) is 11.5 Å². The van der Waals surface area contributed by atoms with E-state index in [2.05, 4.69) is 15.5 Å². The van der Waals surface area contributed by atoms with Crippen LogP contribution < -0.4 is 20.5 Å². The highest BCUT2D eigenvalue weighted by atomic mass is 32.2. The Hall–Kier alpha value is -3.44. The molecule has 0 unspecified atom stereocenters. The number of fused-ring (bicyclic) bond motifs is 1. The molecule has 0 aliphatic carbocycles. The highest BCUT2D eigenvalue weighted by molar-refractivity contribution is 8.01. The monoisotopic (exact) mass is 482 g/mol. The summed E-state index contributed by atoms with van der Waals surface area (Å²) in [5.74, 6) is 1.22. The Morgan fingerprint density at radius 1 is 1.09 bits per heavy atom. The van der Waals surface area contributed by atoms with E-state index in [1.54, 1.807) is 14.2 Å². The molecule has 11 heteroatoms. The zero-order valence-electron chi connectivity index (χ0n) is 18.2. The van der Waals surface area contributed by atoms with E-state index in [-0.39, 0.29) is 17.6 Å². The lowest BCUT2D eigenvalue weighted by molar-refractivity contribution is -0.117. The molecular weight excluding hydrogens is 460 g/mol. The lowest BCUT2D eigenvalue weighted by Crippen LogP contribution is -2.38. The van der Waals surface area contributed by atoms with E-state index in [9.17, 15) is 4.79 Å². The second-order valence-corrected chi connectivity index (χ2v) is 9.26. The van der Waals surface area contributed by atoms with Crippen molar-refractivity contribution in [3.63, 3.8) is 0 Å². The number of para-hydroxylation sites is 2. The molecule has 3 aromatic rings. The second kappa shape index (κ2) is 10.0. The fourth-order valence-corrected chi connectivity index (χ4v) is 4.85. The summed E-state index contributed by atoms with van der Waals surface area (Å²) in [6.45, 7) is 1.92. The molecule has 0 spiro atoms. The van der Waals surface area contributed by atoms with Crippen LogP contribution in [0.2, 0.25) is 0 Å². The van der Waals surface area contributed by atoms with Crippen LogP contribution in [0.4, 0.5) is 16.5 Å². The van der Waals surface area contributed by atoms with E-state index in [0.717, 1.165) is 17.0 Å². The Labute approximate surface area is 199 Å². The number of aromatic nitrogens is 2. The van der Waals surface area contributed by atoms with Crippen molar-refractivity contribution in [1.29, 1.82) is 0 Å². The van der Waals surface area contributed by atoms with Gasteiger partial charge in [-0.05, 0) is 36.8 Å². The molecule has 3 N–H and O–H groups in total.